The van der Waals surface area contributed by atoms with Gasteiger partial charge in [-0.25, -0.2) is 4.79 Å². The molecule has 1 aromatic rings. The lowest BCUT2D eigenvalue weighted by molar-refractivity contribution is -0.138. The first kappa shape index (κ1) is 14.4. The molecule has 0 aliphatic carbocycles. The third-order valence-electron chi connectivity index (χ3n) is 1.71. The van der Waals surface area contributed by atoms with E-state index in [1.165, 1.54) is 0 Å². The zero-order chi connectivity index (χ0) is 14.3. The van der Waals surface area contributed by atoms with E-state index in [2.05, 4.69) is 15.0 Å². The summed E-state index contributed by atoms with van der Waals surface area (Å²) in [7, 11) is 0. The number of aromatic nitrogens is 3. The highest BCUT2D eigenvalue weighted by molar-refractivity contribution is 5.67. The number of H-pyrrole nitrogens is 1. The van der Waals surface area contributed by atoms with E-state index in [0.29, 0.717) is 0 Å². The molecule has 0 aliphatic rings. The van der Waals surface area contributed by atoms with Crippen LogP contribution in [-0.2, 0) is 9.59 Å². The lowest BCUT2D eigenvalue weighted by Gasteiger charge is -2.05. The minimum atomic E-state index is -1.07. The van der Waals surface area contributed by atoms with Crippen molar-refractivity contribution in [1.29, 1.82) is 0 Å². The van der Waals surface area contributed by atoms with E-state index < -0.39 is 17.6 Å². The molecule has 19 heavy (non-hydrogen) atoms. The van der Waals surface area contributed by atoms with Crippen LogP contribution in [0.4, 0.5) is 0 Å². The molecule has 0 aromatic carbocycles. The largest absolute Gasteiger partial charge is 0.481 e. The molecule has 10 heteroatoms. The van der Waals surface area contributed by atoms with Crippen LogP contribution in [-0.4, -0.2) is 50.3 Å². The Hall–Kier alpha value is -2.65. The van der Waals surface area contributed by atoms with Crippen LogP contribution in [0.25, 0.3) is 0 Å². The second kappa shape index (κ2) is 6.93. The van der Waals surface area contributed by atoms with Gasteiger partial charge < -0.3 is 19.7 Å². The average Bonchev–Trinajstić information content (AvgIpc) is 2.27. The van der Waals surface area contributed by atoms with Gasteiger partial charge >= 0.3 is 29.6 Å². The second-order valence-corrected chi connectivity index (χ2v) is 3.23. The zero-order valence-electron chi connectivity index (χ0n) is 9.66. The molecule has 0 saturated carbocycles. The first-order valence-corrected chi connectivity index (χ1v) is 5.15. The number of aliphatic carboxylic acids is 2. The summed E-state index contributed by atoms with van der Waals surface area (Å²) in [5, 5.41) is 16.8. The number of nitrogens with zero attached hydrogens (tertiary/aromatic N) is 2. The summed E-state index contributed by atoms with van der Waals surface area (Å²) >= 11 is 0. The molecule has 0 atom stereocenters. The van der Waals surface area contributed by atoms with Crippen molar-refractivity contribution in [3.63, 3.8) is 0 Å². The molecule has 0 amide bonds. The summed E-state index contributed by atoms with van der Waals surface area (Å²) < 4.78 is 9.73. The van der Waals surface area contributed by atoms with Crippen LogP contribution in [0.15, 0.2) is 4.79 Å². The summed E-state index contributed by atoms with van der Waals surface area (Å²) in [5.74, 6) is -2.13. The first-order chi connectivity index (χ1) is 8.97. The van der Waals surface area contributed by atoms with Crippen molar-refractivity contribution in [2.24, 2.45) is 0 Å². The van der Waals surface area contributed by atoms with Crippen molar-refractivity contribution in [3.8, 4) is 12.0 Å². The third kappa shape index (κ3) is 6.00. The van der Waals surface area contributed by atoms with Gasteiger partial charge in [0.15, 0.2) is 0 Å². The van der Waals surface area contributed by atoms with E-state index in [1.54, 1.807) is 0 Å². The van der Waals surface area contributed by atoms with Crippen LogP contribution in [0, 0.1) is 0 Å². The van der Waals surface area contributed by atoms with E-state index in [0.717, 1.165) is 0 Å². The van der Waals surface area contributed by atoms with Gasteiger partial charge in [-0.1, -0.05) is 0 Å². The SMILES string of the molecule is O=C(O)CCOc1nc(OCCC(=O)O)[nH]c(=O)n1. The molecule has 0 spiro atoms. The number of hydrogen-bond acceptors (Lipinski definition) is 7. The van der Waals surface area contributed by atoms with Crippen molar-refractivity contribution in [2.45, 2.75) is 12.8 Å². The summed E-state index contributed by atoms with van der Waals surface area (Å²) in [6.45, 7) is -0.385. The Labute approximate surface area is 106 Å². The maximum absolute atomic E-state index is 11.1. The lowest BCUT2D eigenvalue weighted by Crippen LogP contribution is -2.17. The number of hydrogen-bond donors (Lipinski definition) is 3. The highest BCUT2D eigenvalue weighted by Crippen LogP contribution is 2.04. The molecule has 1 rings (SSSR count). The number of nitrogens with one attached hydrogen (secondary N) is 1. The number of carboxylic acid groups (broad SMARTS) is 2. The second-order valence-electron chi connectivity index (χ2n) is 3.23. The average molecular weight is 273 g/mol. The standard InChI is InChI=1S/C9H11N3O7/c13-5(14)1-3-18-8-10-7(17)11-9(12-8)19-4-2-6(15)16/h1-4H2,(H,13,14)(H,15,16)(H,10,11,12,17). The predicted octanol–water partition coefficient (Wildman–Crippen LogP) is -1.13. The van der Waals surface area contributed by atoms with Crippen LogP contribution < -0.4 is 15.2 Å². The van der Waals surface area contributed by atoms with Gasteiger partial charge in [0.1, 0.15) is 13.2 Å². The summed E-state index contributed by atoms with van der Waals surface area (Å²) in [6.07, 6.45) is -0.535. The molecule has 10 nitrogen and oxygen atoms in total. The van der Waals surface area contributed by atoms with Crippen LogP contribution in [0.1, 0.15) is 12.8 Å². The number of ether oxygens (including phenoxy) is 2. The third-order valence-corrected chi connectivity index (χ3v) is 1.71. The Morgan fingerprint density at radius 2 is 1.63 bits per heavy atom. The molecule has 3 N–H and O–H groups in total. The predicted molar refractivity (Wildman–Crippen MR) is 58.1 cm³/mol. The quantitative estimate of drug-likeness (QED) is 0.534. The fourth-order valence-electron chi connectivity index (χ4n) is 0.944. The zero-order valence-corrected chi connectivity index (χ0v) is 9.66. The maximum Gasteiger partial charge on any atom is 0.353 e. The van der Waals surface area contributed by atoms with Crippen LogP contribution in [0.5, 0.6) is 12.0 Å². The molecule has 0 radical (unpaired) electrons. The topological polar surface area (TPSA) is 152 Å². The summed E-state index contributed by atoms with van der Waals surface area (Å²) in [4.78, 5) is 40.7. The highest BCUT2D eigenvalue weighted by atomic mass is 16.5. The summed E-state index contributed by atoms with van der Waals surface area (Å²) in [5.41, 5.74) is -0.800. The van der Waals surface area contributed by atoms with Crippen molar-refractivity contribution in [2.75, 3.05) is 13.2 Å². The van der Waals surface area contributed by atoms with Crippen molar-refractivity contribution in [1.82, 2.24) is 15.0 Å². The van der Waals surface area contributed by atoms with Gasteiger partial charge in [-0.2, -0.15) is 0 Å². The Kier molecular flexibility index (Phi) is 5.26. The van der Waals surface area contributed by atoms with Crippen molar-refractivity contribution in [3.05, 3.63) is 10.5 Å². The molecule has 104 valence electrons. The monoisotopic (exact) mass is 273 g/mol. The van der Waals surface area contributed by atoms with E-state index in [1.807, 2.05) is 0 Å². The Balaban J connectivity index is 2.58. The van der Waals surface area contributed by atoms with Gasteiger partial charge in [-0.15, -0.1) is 9.97 Å². The lowest BCUT2D eigenvalue weighted by atomic mass is 10.5. The number of carboxylic acids is 2. The normalized spacial score (nSPS) is 9.89. The Morgan fingerprint density at radius 3 is 2.21 bits per heavy atom. The van der Waals surface area contributed by atoms with E-state index in [4.69, 9.17) is 19.7 Å². The highest BCUT2D eigenvalue weighted by Gasteiger charge is 2.07. The van der Waals surface area contributed by atoms with Crippen LogP contribution in [0.2, 0.25) is 0 Å². The summed E-state index contributed by atoms with van der Waals surface area (Å²) in [6, 6.07) is -0.582. The van der Waals surface area contributed by atoms with Crippen LogP contribution in [0.3, 0.4) is 0 Å². The molecule has 0 unspecified atom stereocenters. The number of aromatic amines is 1. The fourth-order valence-corrected chi connectivity index (χ4v) is 0.944. The van der Waals surface area contributed by atoms with Gasteiger partial charge in [0.2, 0.25) is 0 Å². The molecule has 1 aromatic heterocycles. The fraction of sp³-hybridized carbons (Fsp3) is 0.444. The Bertz CT molecular complexity index is 472. The van der Waals surface area contributed by atoms with E-state index in [-0.39, 0.29) is 38.1 Å². The molecule has 0 fully saturated rings. The molecular weight excluding hydrogens is 262 g/mol. The van der Waals surface area contributed by atoms with Gasteiger partial charge in [0.05, 0.1) is 12.8 Å². The van der Waals surface area contributed by atoms with Gasteiger partial charge in [-0.3, -0.25) is 14.6 Å². The maximum atomic E-state index is 11.1. The van der Waals surface area contributed by atoms with Gasteiger partial charge in [-0.05, 0) is 0 Å². The number of rotatable bonds is 8. The number of carbonyl (C=O) groups is 2. The molecule has 0 saturated heterocycles. The minimum absolute atomic E-state index is 0.184. The van der Waals surface area contributed by atoms with Crippen LogP contribution >= 0.6 is 0 Å². The van der Waals surface area contributed by atoms with E-state index in [9.17, 15) is 14.4 Å². The molecular formula is C9H11N3O7. The first-order valence-electron chi connectivity index (χ1n) is 5.15. The van der Waals surface area contributed by atoms with Gasteiger partial charge in [0.25, 0.3) is 0 Å². The van der Waals surface area contributed by atoms with Crippen molar-refractivity contribution >= 4 is 11.9 Å². The smallest absolute Gasteiger partial charge is 0.353 e. The van der Waals surface area contributed by atoms with Crippen molar-refractivity contribution < 1.29 is 29.3 Å². The minimum Gasteiger partial charge on any atom is -0.481 e. The van der Waals surface area contributed by atoms with E-state index >= 15 is 0 Å². The molecule has 1 heterocycles. The van der Waals surface area contributed by atoms with Gasteiger partial charge in [0, 0.05) is 0 Å². The molecule has 0 bridgehead atoms. The Morgan fingerprint density at radius 1 is 1.05 bits per heavy atom. The molecule has 0 aliphatic heterocycles.